The maximum Gasteiger partial charge on any atom is 0.192 e. The Kier molecular flexibility index (Phi) is 8.73. The molecule has 0 amide bonds. The molecule has 3 atom stereocenters. The maximum atomic E-state index is 6.70. The molecule has 1 saturated heterocycles. The lowest BCUT2D eigenvalue weighted by Gasteiger charge is -2.40. The van der Waals surface area contributed by atoms with Crippen molar-refractivity contribution in [1.82, 2.24) is 0 Å². The second-order valence-electron chi connectivity index (χ2n) is 8.10. The summed E-state index contributed by atoms with van der Waals surface area (Å²) in [7, 11) is -0.0895. The number of hydrogen-bond donors (Lipinski definition) is 0. The van der Waals surface area contributed by atoms with Crippen molar-refractivity contribution >= 4 is 8.32 Å². The van der Waals surface area contributed by atoms with E-state index in [0.29, 0.717) is 13.2 Å². The highest BCUT2D eigenvalue weighted by molar-refractivity contribution is 6.74. The van der Waals surface area contributed by atoms with Gasteiger partial charge in [-0.1, -0.05) is 40.5 Å². The van der Waals surface area contributed by atoms with E-state index in [2.05, 4.69) is 40.8 Å². The molecule has 0 saturated carbocycles. The lowest BCUT2D eigenvalue weighted by Crippen LogP contribution is -2.47. The zero-order chi connectivity index (χ0) is 17.5. The molecule has 1 aliphatic rings. The monoisotopic (exact) mass is 346 g/mol. The van der Waals surface area contributed by atoms with Gasteiger partial charge in [-0.2, -0.15) is 0 Å². The lowest BCUT2D eigenvalue weighted by molar-refractivity contribution is -0.157. The largest absolute Gasteiger partial charge is 0.411 e. The van der Waals surface area contributed by atoms with Crippen molar-refractivity contribution < 1.29 is 18.6 Å². The van der Waals surface area contributed by atoms with Crippen LogP contribution in [-0.2, 0) is 18.6 Å². The van der Waals surface area contributed by atoms with E-state index in [4.69, 9.17) is 18.6 Å². The first-order valence-electron chi connectivity index (χ1n) is 9.15. The Morgan fingerprint density at radius 2 is 1.87 bits per heavy atom. The van der Waals surface area contributed by atoms with Gasteiger partial charge in [-0.3, -0.25) is 0 Å². The molecule has 0 aromatic carbocycles. The highest BCUT2D eigenvalue weighted by Crippen LogP contribution is 2.39. The SMILES string of the molecule is CCCC[C@H](O[Si](C)(C)C(C)(C)C)[C@@H]1CCC(OCCOC)O1. The van der Waals surface area contributed by atoms with Gasteiger partial charge in [-0.25, -0.2) is 0 Å². The molecule has 0 aliphatic carbocycles. The molecule has 138 valence electrons. The van der Waals surface area contributed by atoms with Gasteiger partial charge in [0.1, 0.15) is 0 Å². The van der Waals surface area contributed by atoms with Gasteiger partial charge in [-0.05, 0) is 31.0 Å². The van der Waals surface area contributed by atoms with E-state index in [1.54, 1.807) is 7.11 Å². The van der Waals surface area contributed by atoms with Crippen molar-refractivity contribution in [3.8, 4) is 0 Å². The normalized spacial score (nSPS) is 24.1. The van der Waals surface area contributed by atoms with E-state index >= 15 is 0 Å². The van der Waals surface area contributed by atoms with Crippen LogP contribution in [0.15, 0.2) is 0 Å². The molecule has 1 heterocycles. The van der Waals surface area contributed by atoms with E-state index in [0.717, 1.165) is 19.3 Å². The number of rotatable bonds is 10. The predicted molar refractivity (Wildman–Crippen MR) is 97.3 cm³/mol. The van der Waals surface area contributed by atoms with Crippen LogP contribution in [0.3, 0.4) is 0 Å². The Morgan fingerprint density at radius 3 is 2.43 bits per heavy atom. The van der Waals surface area contributed by atoms with Crippen LogP contribution in [0.25, 0.3) is 0 Å². The van der Waals surface area contributed by atoms with E-state index in [1.807, 2.05) is 0 Å². The summed E-state index contributed by atoms with van der Waals surface area (Å²) in [6.45, 7) is 15.0. The second kappa shape index (κ2) is 9.52. The van der Waals surface area contributed by atoms with Crippen LogP contribution in [0.2, 0.25) is 18.1 Å². The highest BCUT2D eigenvalue weighted by atomic mass is 28.4. The summed E-state index contributed by atoms with van der Waals surface area (Å²) in [4.78, 5) is 0. The summed E-state index contributed by atoms with van der Waals surface area (Å²) in [5, 5.41) is 0.227. The van der Waals surface area contributed by atoms with Gasteiger partial charge >= 0.3 is 0 Å². The first kappa shape index (κ1) is 21.1. The molecule has 0 N–H and O–H groups in total. The van der Waals surface area contributed by atoms with Gasteiger partial charge < -0.3 is 18.6 Å². The van der Waals surface area contributed by atoms with Crippen molar-refractivity contribution in [2.75, 3.05) is 20.3 Å². The molecular weight excluding hydrogens is 308 g/mol. The molecular formula is C18H38O4Si. The van der Waals surface area contributed by atoms with Gasteiger partial charge in [-0.15, -0.1) is 0 Å². The third kappa shape index (κ3) is 6.82. The highest BCUT2D eigenvalue weighted by Gasteiger charge is 2.42. The number of hydrogen-bond acceptors (Lipinski definition) is 4. The summed E-state index contributed by atoms with van der Waals surface area (Å²) in [6.07, 6.45) is 5.72. The van der Waals surface area contributed by atoms with E-state index < -0.39 is 8.32 Å². The van der Waals surface area contributed by atoms with Crippen LogP contribution >= 0.6 is 0 Å². The molecule has 5 heteroatoms. The van der Waals surface area contributed by atoms with Crippen LogP contribution in [0.4, 0.5) is 0 Å². The molecule has 23 heavy (non-hydrogen) atoms. The lowest BCUT2D eigenvalue weighted by atomic mass is 10.1. The van der Waals surface area contributed by atoms with Gasteiger partial charge in [0.2, 0.25) is 0 Å². The van der Waals surface area contributed by atoms with Crippen LogP contribution in [0.1, 0.15) is 59.8 Å². The molecule has 1 fully saturated rings. The number of unbranched alkanes of at least 4 members (excludes halogenated alkanes) is 1. The molecule has 1 aliphatic heterocycles. The molecule has 0 spiro atoms. The quantitative estimate of drug-likeness (QED) is 0.423. The van der Waals surface area contributed by atoms with Gasteiger partial charge in [0.05, 0.1) is 25.4 Å². The Balaban J connectivity index is 2.61. The van der Waals surface area contributed by atoms with Crippen molar-refractivity contribution in [2.45, 2.75) is 96.4 Å². The van der Waals surface area contributed by atoms with Crippen molar-refractivity contribution in [2.24, 2.45) is 0 Å². The minimum absolute atomic E-state index is 0.0951. The van der Waals surface area contributed by atoms with Crippen molar-refractivity contribution in [1.29, 1.82) is 0 Å². The number of ether oxygens (including phenoxy) is 3. The average molecular weight is 347 g/mol. The van der Waals surface area contributed by atoms with Crippen molar-refractivity contribution in [3.63, 3.8) is 0 Å². The maximum absolute atomic E-state index is 6.70. The Morgan fingerprint density at radius 1 is 1.17 bits per heavy atom. The fourth-order valence-electron chi connectivity index (χ4n) is 2.57. The molecule has 0 aromatic heterocycles. The third-order valence-corrected chi connectivity index (χ3v) is 9.62. The zero-order valence-corrected chi connectivity index (χ0v) is 17.3. The molecule has 4 nitrogen and oxygen atoms in total. The van der Waals surface area contributed by atoms with Crippen LogP contribution < -0.4 is 0 Å². The molecule has 0 bridgehead atoms. The number of methoxy groups -OCH3 is 1. The fourth-order valence-corrected chi connectivity index (χ4v) is 3.95. The summed E-state index contributed by atoms with van der Waals surface area (Å²) < 4.78 is 23.6. The summed E-state index contributed by atoms with van der Waals surface area (Å²) in [6, 6.07) is 0. The van der Waals surface area contributed by atoms with Crippen molar-refractivity contribution in [3.05, 3.63) is 0 Å². The van der Waals surface area contributed by atoms with Gasteiger partial charge in [0, 0.05) is 13.5 Å². The smallest absolute Gasteiger partial charge is 0.192 e. The molecule has 0 radical (unpaired) electrons. The van der Waals surface area contributed by atoms with Crippen LogP contribution in [-0.4, -0.2) is 47.1 Å². The topological polar surface area (TPSA) is 36.9 Å². The Bertz CT molecular complexity index is 327. The molecule has 1 unspecified atom stereocenters. The summed E-state index contributed by atoms with van der Waals surface area (Å²) in [5.74, 6) is 0. The predicted octanol–water partition coefficient (Wildman–Crippen LogP) is 4.74. The Hall–Kier alpha value is 0.0569. The van der Waals surface area contributed by atoms with Crippen LogP contribution in [0, 0.1) is 0 Å². The minimum atomic E-state index is -1.78. The Labute approximate surface area is 144 Å². The summed E-state index contributed by atoms with van der Waals surface area (Å²) >= 11 is 0. The van der Waals surface area contributed by atoms with E-state index in [1.165, 1.54) is 12.8 Å². The average Bonchev–Trinajstić information content (AvgIpc) is 2.91. The van der Waals surface area contributed by atoms with E-state index in [9.17, 15) is 0 Å². The minimum Gasteiger partial charge on any atom is -0.411 e. The standard InChI is InChI=1S/C18H38O4Si/c1-8-9-10-16(22-23(6,7)18(2,3)4)15-11-12-17(21-15)20-14-13-19-5/h15-17H,8-14H2,1-7H3/t15-,16-,17?/m0/s1. The van der Waals surface area contributed by atoms with E-state index in [-0.39, 0.29) is 23.5 Å². The summed E-state index contributed by atoms with van der Waals surface area (Å²) in [5.41, 5.74) is 0. The first-order chi connectivity index (χ1) is 10.7. The van der Waals surface area contributed by atoms with Gasteiger partial charge in [0.15, 0.2) is 14.6 Å². The van der Waals surface area contributed by atoms with Gasteiger partial charge in [0.25, 0.3) is 0 Å². The van der Waals surface area contributed by atoms with Crippen LogP contribution in [0.5, 0.6) is 0 Å². The first-order valence-corrected chi connectivity index (χ1v) is 12.1. The third-order valence-electron chi connectivity index (χ3n) is 5.11. The second-order valence-corrected chi connectivity index (χ2v) is 12.9. The molecule has 0 aromatic rings. The fraction of sp³-hybridized carbons (Fsp3) is 1.00. The molecule has 1 rings (SSSR count). The zero-order valence-electron chi connectivity index (χ0n) is 16.3.